The molecule has 1 N–H and O–H groups in total. The highest BCUT2D eigenvalue weighted by Gasteiger charge is 2.52. The first-order chi connectivity index (χ1) is 15.1. The first kappa shape index (κ1) is 22.7. The lowest BCUT2D eigenvalue weighted by Crippen LogP contribution is -2.32. The van der Waals surface area contributed by atoms with Crippen LogP contribution in [0.1, 0.15) is 48.4 Å². The average Bonchev–Trinajstić information content (AvgIpc) is 3.39. The Balaban J connectivity index is 1.52. The quantitative estimate of drug-likeness (QED) is 0.681. The number of hydrogen-bond acceptors (Lipinski definition) is 6. The summed E-state index contributed by atoms with van der Waals surface area (Å²) >= 11 is 6.28. The number of carbonyl (C=O) groups is 1. The van der Waals surface area contributed by atoms with E-state index < -0.39 is 27.6 Å². The van der Waals surface area contributed by atoms with Crippen LogP contribution in [0.4, 0.5) is 10.1 Å². The van der Waals surface area contributed by atoms with Crippen LogP contribution < -0.4 is 10.2 Å². The molecule has 1 spiro atoms. The minimum absolute atomic E-state index is 0.0194. The number of amides is 1. The van der Waals surface area contributed by atoms with Crippen molar-refractivity contribution in [3.63, 3.8) is 0 Å². The summed E-state index contributed by atoms with van der Waals surface area (Å²) in [6.45, 7) is 2.45. The molecule has 170 valence electrons. The largest absolute Gasteiger partial charge is 0.361 e. The predicted molar refractivity (Wildman–Crippen MR) is 121 cm³/mol. The van der Waals surface area contributed by atoms with E-state index in [-0.39, 0.29) is 22.3 Å². The third-order valence-electron chi connectivity index (χ3n) is 5.95. The van der Waals surface area contributed by atoms with Crippen LogP contribution in [0.15, 0.2) is 42.1 Å². The first-order valence-electron chi connectivity index (χ1n) is 10.3. The average molecular weight is 479 g/mol. The molecular weight excluding hydrogens is 455 g/mol. The van der Waals surface area contributed by atoms with Crippen LogP contribution in [0.5, 0.6) is 0 Å². The Kier molecular flexibility index (Phi) is 5.98. The molecule has 2 heterocycles. The van der Waals surface area contributed by atoms with E-state index in [0.29, 0.717) is 0 Å². The third-order valence-corrected chi connectivity index (χ3v) is 7.00. The van der Waals surface area contributed by atoms with Crippen molar-refractivity contribution in [1.29, 1.82) is 0 Å². The second-order valence-corrected chi connectivity index (χ2v) is 11.0. The Labute approximate surface area is 191 Å². The summed E-state index contributed by atoms with van der Waals surface area (Å²) < 4.78 is 36.5. The van der Waals surface area contributed by atoms with Crippen molar-refractivity contribution in [1.82, 2.24) is 15.3 Å². The van der Waals surface area contributed by atoms with Gasteiger partial charge in [0.2, 0.25) is 5.82 Å². The molecule has 32 heavy (non-hydrogen) atoms. The summed E-state index contributed by atoms with van der Waals surface area (Å²) in [6, 6.07) is 4.26. The van der Waals surface area contributed by atoms with E-state index in [2.05, 4.69) is 20.2 Å². The number of anilines is 1. The van der Waals surface area contributed by atoms with E-state index >= 15 is 0 Å². The van der Waals surface area contributed by atoms with Gasteiger partial charge in [-0.1, -0.05) is 29.8 Å². The molecule has 2 fully saturated rings. The number of nitrogens with zero attached hydrogens (tertiary/aromatic N) is 3. The summed E-state index contributed by atoms with van der Waals surface area (Å²) in [5.41, 5.74) is 1.68. The number of sulfone groups is 1. The second-order valence-electron chi connectivity index (χ2n) is 8.68. The van der Waals surface area contributed by atoms with Crippen LogP contribution in [-0.2, 0) is 9.84 Å². The summed E-state index contributed by atoms with van der Waals surface area (Å²) in [6.07, 6.45) is 8.74. The molecule has 1 saturated carbocycles. The highest BCUT2D eigenvalue weighted by Crippen LogP contribution is 2.59. The van der Waals surface area contributed by atoms with Crippen molar-refractivity contribution in [2.45, 2.75) is 38.3 Å². The number of nitrogens with one attached hydrogen (secondary N) is 1. The SMILES string of the molecule is C[C@H](/C=C/S(C)(=O)=O)NC(=O)c1ncc(N2CC3(CC3)C[C@@H]2c2cccc(F)c2Cl)cn1. The van der Waals surface area contributed by atoms with Crippen molar-refractivity contribution < 1.29 is 17.6 Å². The Morgan fingerprint density at radius 1 is 1.34 bits per heavy atom. The van der Waals surface area contributed by atoms with E-state index in [1.807, 2.05) is 6.07 Å². The van der Waals surface area contributed by atoms with Crippen molar-refractivity contribution in [2.75, 3.05) is 17.7 Å². The number of hydrogen-bond donors (Lipinski definition) is 1. The molecule has 4 rings (SSSR count). The molecule has 10 heteroatoms. The standard InChI is InChI=1S/C22H24ClFN4O3S/c1-14(6-9-32(2,30)31)27-21(29)20-25-11-15(12-26-20)28-13-22(7-8-22)10-18(28)16-4-3-5-17(24)19(16)23/h3-6,9,11-12,14,18H,7-8,10,13H2,1-2H3,(H,27,29)/b9-6+/t14-,18-/m1/s1. The molecule has 2 atom stereocenters. The maximum atomic E-state index is 14.1. The zero-order valence-corrected chi connectivity index (χ0v) is 19.3. The number of aromatic nitrogens is 2. The number of benzene rings is 1. The molecule has 0 bridgehead atoms. The van der Waals surface area contributed by atoms with E-state index in [9.17, 15) is 17.6 Å². The number of carbonyl (C=O) groups excluding carboxylic acids is 1. The van der Waals surface area contributed by atoms with Gasteiger partial charge in [0.15, 0.2) is 9.84 Å². The van der Waals surface area contributed by atoms with Crippen molar-refractivity contribution in [3.8, 4) is 0 Å². The van der Waals surface area contributed by atoms with Crippen LogP contribution in [0.25, 0.3) is 0 Å². The predicted octanol–water partition coefficient (Wildman–Crippen LogP) is 3.68. The zero-order chi connectivity index (χ0) is 23.1. The Morgan fingerprint density at radius 3 is 2.66 bits per heavy atom. The fourth-order valence-electron chi connectivity index (χ4n) is 4.09. The summed E-state index contributed by atoms with van der Waals surface area (Å²) in [7, 11) is -3.27. The van der Waals surface area contributed by atoms with Gasteiger partial charge in [-0.3, -0.25) is 4.79 Å². The van der Waals surface area contributed by atoms with Crippen LogP contribution in [0, 0.1) is 11.2 Å². The van der Waals surface area contributed by atoms with E-state index in [0.717, 1.165) is 48.7 Å². The van der Waals surface area contributed by atoms with E-state index in [1.54, 1.807) is 25.4 Å². The molecule has 1 aliphatic carbocycles. The molecule has 1 amide bonds. The fraction of sp³-hybridized carbons (Fsp3) is 0.409. The van der Waals surface area contributed by atoms with Gasteiger partial charge in [0.1, 0.15) is 5.82 Å². The van der Waals surface area contributed by atoms with Gasteiger partial charge in [0.25, 0.3) is 5.91 Å². The van der Waals surface area contributed by atoms with Gasteiger partial charge in [-0.15, -0.1) is 0 Å². The van der Waals surface area contributed by atoms with E-state index in [1.165, 1.54) is 12.1 Å². The molecular formula is C22H24ClFN4O3S. The molecule has 2 aromatic rings. The lowest BCUT2D eigenvalue weighted by atomic mass is 9.98. The molecule has 1 aliphatic heterocycles. The molecule has 7 nitrogen and oxygen atoms in total. The summed E-state index contributed by atoms with van der Waals surface area (Å²) in [4.78, 5) is 22.9. The van der Waals surface area contributed by atoms with Crippen molar-refractivity contribution in [2.24, 2.45) is 5.41 Å². The molecule has 2 aliphatic rings. The minimum atomic E-state index is -3.27. The van der Waals surface area contributed by atoms with Crippen LogP contribution in [-0.4, -0.2) is 43.1 Å². The Morgan fingerprint density at radius 2 is 2.03 bits per heavy atom. The first-order valence-corrected chi connectivity index (χ1v) is 12.6. The summed E-state index contributed by atoms with van der Waals surface area (Å²) in [5.74, 6) is -0.968. The Bertz CT molecular complexity index is 1170. The zero-order valence-electron chi connectivity index (χ0n) is 17.8. The van der Waals surface area contributed by atoms with Gasteiger partial charge in [-0.25, -0.2) is 22.8 Å². The van der Waals surface area contributed by atoms with Crippen molar-refractivity contribution in [3.05, 3.63) is 64.3 Å². The highest BCUT2D eigenvalue weighted by atomic mass is 35.5. The normalized spacial score (nSPS) is 20.6. The monoisotopic (exact) mass is 478 g/mol. The van der Waals surface area contributed by atoms with Crippen LogP contribution in [0.3, 0.4) is 0 Å². The lowest BCUT2D eigenvalue weighted by Gasteiger charge is -2.27. The maximum Gasteiger partial charge on any atom is 0.289 e. The molecule has 1 saturated heterocycles. The van der Waals surface area contributed by atoms with Gasteiger partial charge in [-0.05, 0) is 43.2 Å². The van der Waals surface area contributed by atoms with Crippen molar-refractivity contribution >= 4 is 33.0 Å². The molecule has 0 radical (unpaired) electrons. The van der Waals surface area contributed by atoms with Gasteiger partial charge >= 0.3 is 0 Å². The lowest BCUT2D eigenvalue weighted by molar-refractivity contribution is 0.0936. The van der Waals surface area contributed by atoms with Crippen LogP contribution in [0.2, 0.25) is 5.02 Å². The highest BCUT2D eigenvalue weighted by molar-refractivity contribution is 7.93. The molecule has 0 unspecified atom stereocenters. The number of rotatable bonds is 6. The van der Waals surface area contributed by atoms with Gasteiger partial charge in [-0.2, -0.15) is 0 Å². The van der Waals surface area contributed by atoms with Gasteiger partial charge in [0.05, 0.1) is 29.1 Å². The molecule has 1 aromatic heterocycles. The van der Waals surface area contributed by atoms with Gasteiger partial charge < -0.3 is 10.2 Å². The molecule has 1 aromatic carbocycles. The fourth-order valence-corrected chi connectivity index (χ4v) is 4.86. The minimum Gasteiger partial charge on any atom is -0.361 e. The summed E-state index contributed by atoms with van der Waals surface area (Å²) in [5, 5.41) is 3.82. The smallest absolute Gasteiger partial charge is 0.289 e. The third kappa shape index (κ3) is 4.94. The second kappa shape index (κ2) is 8.44. The topological polar surface area (TPSA) is 92.3 Å². The van der Waals surface area contributed by atoms with Crippen LogP contribution >= 0.6 is 11.6 Å². The van der Waals surface area contributed by atoms with E-state index in [4.69, 9.17) is 11.6 Å². The number of halogens is 2. The Hall–Kier alpha value is -2.52. The maximum absolute atomic E-state index is 14.1. The van der Waals surface area contributed by atoms with Gasteiger partial charge in [0, 0.05) is 24.3 Å².